The second-order valence-electron chi connectivity index (χ2n) is 5.36. The van der Waals surface area contributed by atoms with Crippen LogP contribution in [0, 0.1) is 0 Å². The molecule has 2 aromatic rings. The number of nitrogens with one attached hydrogen (secondary N) is 2. The van der Waals surface area contributed by atoms with E-state index in [9.17, 15) is 4.79 Å². The van der Waals surface area contributed by atoms with E-state index in [-0.39, 0.29) is 17.7 Å². The molecule has 24 heavy (non-hydrogen) atoms. The molecule has 0 radical (unpaired) electrons. The van der Waals surface area contributed by atoms with Crippen molar-refractivity contribution in [2.45, 2.75) is 18.9 Å². The van der Waals surface area contributed by atoms with Crippen molar-refractivity contribution in [3.63, 3.8) is 0 Å². The first-order valence-electron chi connectivity index (χ1n) is 7.56. The summed E-state index contributed by atoms with van der Waals surface area (Å²) in [6.45, 7) is 1.45. The molecule has 1 amide bonds. The van der Waals surface area contributed by atoms with Crippen LogP contribution in [0.15, 0.2) is 30.6 Å². The minimum atomic E-state index is -0.387. The van der Waals surface area contributed by atoms with Crippen molar-refractivity contribution in [1.82, 2.24) is 9.97 Å². The molecule has 1 aromatic heterocycles. The van der Waals surface area contributed by atoms with Gasteiger partial charge in [0.15, 0.2) is 0 Å². The average Bonchev–Trinajstić information content (AvgIpc) is 3.11. The maximum absolute atomic E-state index is 12.3. The van der Waals surface area contributed by atoms with E-state index in [1.807, 2.05) is 0 Å². The number of rotatable bonds is 5. The summed E-state index contributed by atoms with van der Waals surface area (Å²) in [5.41, 5.74) is 0.664. The highest BCUT2D eigenvalue weighted by molar-refractivity contribution is 6.44. The van der Waals surface area contributed by atoms with Crippen molar-refractivity contribution in [3.8, 4) is 0 Å². The maximum Gasteiger partial charge on any atom is 0.274 e. The molecule has 2 heterocycles. The molecule has 0 spiro atoms. The van der Waals surface area contributed by atoms with Crippen molar-refractivity contribution < 1.29 is 9.53 Å². The Morgan fingerprint density at radius 2 is 2.21 bits per heavy atom. The van der Waals surface area contributed by atoms with Crippen LogP contribution in [-0.4, -0.2) is 35.1 Å². The van der Waals surface area contributed by atoms with Gasteiger partial charge in [0.25, 0.3) is 5.91 Å². The molecule has 1 saturated heterocycles. The molecule has 1 aliphatic rings. The van der Waals surface area contributed by atoms with Crippen LogP contribution < -0.4 is 10.6 Å². The number of ether oxygens (including phenoxy) is 1. The van der Waals surface area contributed by atoms with Crippen LogP contribution in [-0.2, 0) is 4.74 Å². The Kier molecular flexibility index (Phi) is 5.50. The number of halogens is 2. The first kappa shape index (κ1) is 17.0. The molecular formula is C16H16Cl2N4O2. The molecule has 3 rings (SSSR count). The van der Waals surface area contributed by atoms with Crippen molar-refractivity contribution in [2.75, 3.05) is 23.8 Å². The normalized spacial score (nSPS) is 16.8. The molecule has 0 saturated carbocycles. The topological polar surface area (TPSA) is 76.1 Å². The number of carbonyl (C=O) groups excluding carboxylic acids is 1. The Bertz CT molecular complexity index is 736. The van der Waals surface area contributed by atoms with Gasteiger partial charge in [-0.25, -0.2) is 9.97 Å². The summed E-state index contributed by atoms with van der Waals surface area (Å²) in [5.74, 6) is 0.185. The van der Waals surface area contributed by atoms with Gasteiger partial charge in [-0.2, -0.15) is 0 Å². The summed E-state index contributed by atoms with van der Waals surface area (Å²) in [6, 6.07) is 6.61. The van der Waals surface area contributed by atoms with Crippen molar-refractivity contribution in [2.24, 2.45) is 0 Å². The summed E-state index contributed by atoms with van der Waals surface area (Å²) in [6.07, 6.45) is 3.62. The van der Waals surface area contributed by atoms with Crippen LogP contribution in [0.25, 0.3) is 0 Å². The van der Waals surface area contributed by atoms with Crippen LogP contribution in [0.1, 0.15) is 23.3 Å². The Labute approximate surface area is 149 Å². The lowest BCUT2D eigenvalue weighted by molar-refractivity contribution is 0.102. The van der Waals surface area contributed by atoms with E-state index in [4.69, 9.17) is 27.9 Å². The number of anilines is 2. The van der Waals surface area contributed by atoms with Crippen LogP contribution in [0.2, 0.25) is 10.0 Å². The lowest BCUT2D eigenvalue weighted by Gasteiger charge is -2.12. The maximum atomic E-state index is 12.3. The third-order valence-electron chi connectivity index (χ3n) is 3.63. The van der Waals surface area contributed by atoms with Crippen LogP contribution in [0.3, 0.4) is 0 Å². The fourth-order valence-electron chi connectivity index (χ4n) is 2.39. The fraction of sp³-hybridized carbons (Fsp3) is 0.312. The minimum absolute atomic E-state index is 0.183. The number of benzene rings is 1. The molecule has 0 bridgehead atoms. The number of hydrogen-bond donors (Lipinski definition) is 2. The molecular weight excluding hydrogens is 351 g/mol. The third-order valence-corrected chi connectivity index (χ3v) is 4.45. The highest BCUT2D eigenvalue weighted by atomic mass is 35.5. The zero-order valence-corrected chi connectivity index (χ0v) is 14.3. The van der Waals surface area contributed by atoms with Crippen molar-refractivity contribution in [3.05, 3.63) is 46.3 Å². The van der Waals surface area contributed by atoms with Gasteiger partial charge < -0.3 is 15.4 Å². The van der Waals surface area contributed by atoms with Gasteiger partial charge in [0, 0.05) is 19.2 Å². The Morgan fingerprint density at radius 1 is 1.33 bits per heavy atom. The summed E-state index contributed by atoms with van der Waals surface area (Å²) in [4.78, 5) is 20.4. The molecule has 1 fully saturated rings. The van der Waals surface area contributed by atoms with Gasteiger partial charge in [-0.3, -0.25) is 4.79 Å². The zero-order valence-electron chi connectivity index (χ0n) is 12.8. The van der Waals surface area contributed by atoms with Gasteiger partial charge in [0.2, 0.25) is 0 Å². The third kappa shape index (κ3) is 4.14. The van der Waals surface area contributed by atoms with Gasteiger partial charge in [-0.15, -0.1) is 0 Å². The number of nitrogens with zero attached hydrogens (tertiary/aromatic N) is 2. The number of aromatic nitrogens is 2. The largest absolute Gasteiger partial charge is 0.376 e. The number of amides is 1. The van der Waals surface area contributed by atoms with Gasteiger partial charge in [-0.1, -0.05) is 29.3 Å². The lowest BCUT2D eigenvalue weighted by atomic mass is 10.2. The van der Waals surface area contributed by atoms with E-state index in [0.717, 1.165) is 19.4 Å². The van der Waals surface area contributed by atoms with E-state index in [1.54, 1.807) is 24.3 Å². The molecule has 126 valence electrons. The number of carbonyl (C=O) groups is 1. The predicted molar refractivity (Wildman–Crippen MR) is 93.9 cm³/mol. The SMILES string of the molecule is O=C(Nc1cccc(Cl)c1Cl)c1cc(NCC2CCCO2)ncn1. The monoisotopic (exact) mass is 366 g/mol. The Balaban J connectivity index is 1.66. The van der Waals surface area contributed by atoms with Gasteiger partial charge >= 0.3 is 0 Å². The molecule has 8 heteroatoms. The van der Waals surface area contributed by atoms with Crippen LogP contribution in [0.4, 0.5) is 11.5 Å². The average molecular weight is 367 g/mol. The molecule has 1 unspecified atom stereocenters. The number of hydrogen-bond acceptors (Lipinski definition) is 5. The first-order valence-corrected chi connectivity index (χ1v) is 8.32. The van der Waals surface area contributed by atoms with E-state index in [0.29, 0.717) is 28.1 Å². The summed E-state index contributed by atoms with van der Waals surface area (Å²) >= 11 is 12.0. The molecule has 1 aliphatic heterocycles. The highest BCUT2D eigenvalue weighted by Crippen LogP contribution is 2.29. The van der Waals surface area contributed by atoms with E-state index in [2.05, 4.69) is 20.6 Å². The second kappa shape index (κ2) is 7.79. The van der Waals surface area contributed by atoms with Crippen LogP contribution in [0.5, 0.6) is 0 Å². The quantitative estimate of drug-likeness (QED) is 0.844. The first-order chi connectivity index (χ1) is 11.6. The molecule has 2 N–H and O–H groups in total. The summed E-state index contributed by atoms with van der Waals surface area (Å²) < 4.78 is 5.54. The molecule has 1 aromatic carbocycles. The Morgan fingerprint density at radius 3 is 3.00 bits per heavy atom. The molecule has 1 atom stereocenters. The van der Waals surface area contributed by atoms with E-state index < -0.39 is 0 Å². The second-order valence-corrected chi connectivity index (χ2v) is 6.15. The van der Waals surface area contributed by atoms with E-state index >= 15 is 0 Å². The lowest BCUT2D eigenvalue weighted by Crippen LogP contribution is -2.20. The van der Waals surface area contributed by atoms with Crippen molar-refractivity contribution >= 4 is 40.6 Å². The van der Waals surface area contributed by atoms with Crippen LogP contribution >= 0.6 is 23.2 Å². The molecule has 0 aliphatic carbocycles. The summed E-state index contributed by atoms with van der Waals surface area (Å²) in [5, 5.41) is 6.52. The summed E-state index contributed by atoms with van der Waals surface area (Å²) in [7, 11) is 0. The minimum Gasteiger partial charge on any atom is -0.376 e. The van der Waals surface area contributed by atoms with Crippen molar-refractivity contribution in [1.29, 1.82) is 0 Å². The highest BCUT2D eigenvalue weighted by Gasteiger charge is 2.16. The predicted octanol–water partition coefficient (Wildman–Crippen LogP) is 3.63. The zero-order chi connectivity index (χ0) is 16.9. The molecule has 6 nitrogen and oxygen atoms in total. The van der Waals surface area contributed by atoms with Gasteiger partial charge in [0.1, 0.15) is 17.8 Å². The smallest absolute Gasteiger partial charge is 0.274 e. The standard InChI is InChI=1S/C16H16Cl2N4O2/c17-11-4-1-5-12(15(11)18)22-16(23)13-7-14(21-9-20-13)19-8-10-3-2-6-24-10/h1,4-5,7,9-10H,2-3,6,8H2,(H,22,23)(H,19,20,21). The fourth-order valence-corrected chi connectivity index (χ4v) is 2.74. The van der Waals surface area contributed by atoms with E-state index in [1.165, 1.54) is 6.33 Å². The van der Waals surface area contributed by atoms with Gasteiger partial charge in [0.05, 0.1) is 21.8 Å². The Hall–Kier alpha value is -1.89. The van der Waals surface area contributed by atoms with Gasteiger partial charge in [-0.05, 0) is 25.0 Å².